The second-order valence-corrected chi connectivity index (χ2v) is 10.1. The summed E-state index contributed by atoms with van der Waals surface area (Å²) in [5.41, 5.74) is 2.20. The molecular weight excluding hydrogens is 556 g/mol. The molecule has 0 fully saturated rings. The fraction of sp³-hybridized carbons (Fsp3) is 0.219. The summed E-state index contributed by atoms with van der Waals surface area (Å²) in [7, 11) is 6.15. The SMILES string of the molecule is CCOC(=O)C1=C(c2ccccc2)N=c2sc(=Cc3cccc(OC)c3OC)c(=O)n2C1c1cccc(OC)c1OC. The van der Waals surface area contributed by atoms with Crippen molar-refractivity contribution in [1.29, 1.82) is 0 Å². The highest BCUT2D eigenvalue weighted by molar-refractivity contribution is 7.07. The van der Waals surface area contributed by atoms with E-state index >= 15 is 0 Å². The Morgan fingerprint density at radius 1 is 0.881 bits per heavy atom. The smallest absolute Gasteiger partial charge is 0.338 e. The zero-order chi connectivity index (χ0) is 29.8. The normalized spacial score (nSPS) is 14.6. The van der Waals surface area contributed by atoms with Gasteiger partial charge in [-0.25, -0.2) is 9.79 Å². The molecule has 1 unspecified atom stereocenters. The number of benzene rings is 3. The van der Waals surface area contributed by atoms with Crippen LogP contribution in [0.1, 0.15) is 29.7 Å². The van der Waals surface area contributed by atoms with E-state index in [1.807, 2.05) is 48.5 Å². The van der Waals surface area contributed by atoms with Crippen LogP contribution in [0.2, 0.25) is 0 Å². The minimum Gasteiger partial charge on any atom is -0.493 e. The Morgan fingerprint density at radius 2 is 1.55 bits per heavy atom. The Bertz CT molecular complexity index is 1840. The van der Waals surface area contributed by atoms with Gasteiger partial charge in [-0.2, -0.15) is 0 Å². The molecule has 0 bridgehead atoms. The van der Waals surface area contributed by atoms with Gasteiger partial charge in [-0.1, -0.05) is 65.9 Å². The minimum absolute atomic E-state index is 0.145. The Morgan fingerprint density at radius 3 is 2.19 bits per heavy atom. The van der Waals surface area contributed by atoms with Crippen LogP contribution in [0.15, 0.2) is 82.1 Å². The number of thiazole rings is 1. The summed E-state index contributed by atoms with van der Waals surface area (Å²) < 4.78 is 29.9. The summed E-state index contributed by atoms with van der Waals surface area (Å²) in [6, 6.07) is 19.2. The second kappa shape index (κ2) is 12.4. The van der Waals surface area contributed by atoms with Gasteiger partial charge in [0, 0.05) is 16.7 Å². The van der Waals surface area contributed by atoms with Crippen molar-refractivity contribution in [3.63, 3.8) is 0 Å². The van der Waals surface area contributed by atoms with Crippen LogP contribution in [0.5, 0.6) is 23.0 Å². The van der Waals surface area contributed by atoms with E-state index < -0.39 is 12.0 Å². The van der Waals surface area contributed by atoms with E-state index in [-0.39, 0.29) is 17.7 Å². The molecular formula is C32H30N2O7S. The number of hydrogen-bond acceptors (Lipinski definition) is 9. The average Bonchev–Trinajstić information content (AvgIpc) is 3.34. The molecule has 5 rings (SSSR count). The second-order valence-electron chi connectivity index (χ2n) is 9.10. The van der Waals surface area contributed by atoms with Gasteiger partial charge in [-0.3, -0.25) is 9.36 Å². The number of nitrogens with zero attached hydrogens (tertiary/aromatic N) is 2. The van der Waals surface area contributed by atoms with Crippen LogP contribution >= 0.6 is 11.3 Å². The van der Waals surface area contributed by atoms with Crippen LogP contribution in [0.4, 0.5) is 0 Å². The van der Waals surface area contributed by atoms with Gasteiger partial charge in [-0.05, 0) is 25.1 Å². The molecule has 1 aliphatic heterocycles. The van der Waals surface area contributed by atoms with Gasteiger partial charge in [-0.15, -0.1) is 0 Å². The summed E-state index contributed by atoms with van der Waals surface area (Å²) in [4.78, 5) is 33.3. The molecule has 3 aromatic carbocycles. The largest absolute Gasteiger partial charge is 0.493 e. The van der Waals surface area contributed by atoms with Gasteiger partial charge >= 0.3 is 5.97 Å². The fourth-order valence-corrected chi connectivity index (χ4v) is 6.02. The first-order valence-corrected chi connectivity index (χ1v) is 14.0. The maximum atomic E-state index is 14.2. The number of fused-ring (bicyclic) bond motifs is 1. The third-order valence-electron chi connectivity index (χ3n) is 6.82. The zero-order valence-electron chi connectivity index (χ0n) is 23.9. The van der Waals surface area contributed by atoms with E-state index in [0.717, 1.165) is 0 Å². The quantitative estimate of drug-likeness (QED) is 0.274. The predicted octanol–water partition coefficient (Wildman–Crippen LogP) is 3.97. The predicted molar refractivity (Wildman–Crippen MR) is 160 cm³/mol. The Kier molecular flexibility index (Phi) is 8.44. The number of rotatable bonds is 9. The molecule has 4 aromatic rings. The Hall–Kier alpha value is -4.83. The molecule has 1 aliphatic rings. The number of aromatic nitrogens is 1. The molecule has 10 heteroatoms. The third-order valence-corrected chi connectivity index (χ3v) is 7.80. The lowest BCUT2D eigenvalue weighted by molar-refractivity contribution is -0.138. The van der Waals surface area contributed by atoms with E-state index in [9.17, 15) is 9.59 Å². The van der Waals surface area contributed by atoms with E-state index in [4.69, 9.17) is 28.7 Å². The molecule has 1 aromatic heterocycles. The lowest BCUT2D eigenvalue weighted by Gasteiger charge is -2.27. The zero-order valence-corrected chi connectivity index (χ0v) is 24.7. The number of methoxy groups -OCH3 is 4. The number of esters is 1. The van der Waals surface area contributed by atoms with Crippen LogP contribution in [0.3, 0.4) is 0 Å². The van der Waals surface area contributed by atoms with Crippen molar-refractivity contribution >= 4 is 29.1 Å². The van der Waals surface area contributed by atoms with Crippen molar-refractivity contribution in [2.24, 2.45) is 4.99 Å². The maximum absolute atomic E-state index is 14.2. The van der Waals surface area contributed by atoms with Gasteiger partial charge in [0.25, 0.3) is 5.56 Å². The van der Waals surface area contributed by atoms with Crippen molar-refractivity contribution in [1.82, 2.24) is 4.57 Å². The summed E-state index contributed by atoms with van der Waals surface area (Å²) in [5.74, 6) is 1.30. The van der Waals surface area contributed by atoms with Gasteiger partial charge in [0.05, 0.1) is 50.8 Å². The van der Waals surface area contributed by atoms with Crippen molar-refractivity contribution < 1.29 is 28.5 Å². The fourth-order valence-electron chi connectivity index (χ4n) is 5.03. The topological polar surface area (TPSA) is 97.6 Å². The lowest BCUT2D eigenvalue weighted by atomic mass is 9.92. The molecule has 0 N–H and O–H groups in total. The molecule has 0 radical (unpaired) electrons. The van der Waals surface area contributed by atoms with Gasteiger partial charge in [0.1, 0.15) is 6.04 Å². The highest BCUT2D eigenvalue weighted by Gasteiger charge is 2.37. The van der Waals surface area contributed by atoms with Gasteiger partial charge < -0.3 is 23.7 Å². The molecule has 0 amide bonds. The molecule has 0 spiro atoms. The van der Waals surface area contributed by atoms with Crippen LogP contribution in [-0.4, -0.2) is 45.6 Å². The van der Waals surface area contributed by atoms with E-state index in [2.05, 4.69) is 0 Å². The molecule has 2 heterocycles. The minimum atomic E-state index is -0.921. The van der Waals surface area contributed by atoms with E-state index in [1.165, 1.54) is 30.1 Å². The first-order chi connectivity index (χ1) is 20.5. The van der Waals surface area contributed by atoms with E-state index in [1.54, 1.807) is 45.4 Å². The van der Waals surface area contributed by atoms with Crippen molar-refractivity contribution in [2.45, 2.75) is 13.0 Å². The number of ether oxygens (including phenoxy) is 5. The Balaban J connectivity index is 1.89. The van der Waals surface area contributed by atoms with Crippen LogP contribution in [0, 0.1) is 0 Å². The standard InChI is InChI=1S/C32H30N2O7S/c1-6-41-31(36)25-26(19-12-8-7-9-13-19)33-32-34(27(25)21-15-11-17-23(38-3)29(21)40-5)30(35)24(42-32)18-20-14-10-16-22(37-2)28(20)39-4/h7-18,27H,6H2,1-5H3. The lowest BCUT2D eigenvalue weighted by Crippen LogP contribution is -2.40. The Labute approximate surface area is 246 Å². The number of carbonyl (C=O) groups excluding carboxylic acids is 1. The molecule has 216 valence electrons. The molecule has 0 saturated heterocycles. The highest BCUT2D eigenvalue weighted by atomic mass is 32.1. The summed E-state index contributed by atoms with van der Waals surface area (Å²) in [5, 5.41) is 0. The van der Waals surface area contributed by atoms with Crippen molar-refractivity contribution in [3.05, 3.63) is 109 Å². The summed E-state index contributed by atoms with van der Waals surface area (Å²) >= 11 is 1.21. The average molecular weight is 587 g/mol. The number of carbonyl (C=O) groups is 1. The van der Waals surface area contributed by atoms with E-state index in [0.29, 0.717) is 54.7 Å². The van der Waals surface area contributed by atoms with Crippen LogP contribution in [-0.2, 0) is 9.53 Å². The molecule has 0 aliphatic carbocycles. The molecule has 9 nitrogen and oxygen atoms in total. The summed E-state index contributed by atoms with van der Waals surface area (Å²) in [6.45, 7) is 1.88. The first-order valence-electron chi connectivity index (χ1n) is 13.2. The van der Waals surface area contributed by atoms with Gasteiger partial charge in [0.15, 0.2) is 27.8 Å². The monoisotopic (exact) mass is 586 g/mol. The number of para-hydroxylation sites is 2. The van der Waals surface area contributed by atoms with Crippen molar-refractivity contribution in [3.8, 4) is 23.0 Å². The first kappa shape index (κ1) is 28.7. The highest BCUT2D eigenvalue weighted by Crippen LogP contribution is 2.42. The van der Waals surface area contributed by atoms with Crippen LogP contribution in [0.25, 0.3) is 11.8 Å². The van der Waals surface area contributed by atoms with Gasteiger partial charge in [0.2, 0.25) is 0 Å². The van der Waals surface area contributed by atoms with Crippen LogP contribution < -0.4 is 33.8 Å². The summed E-state index contributed by atoms with van der Waals surface area (Å²) in [6.07, 6.45) is 1.74. The molecule has 0 saturated carbocycles. The van der Waals surface area contributed by atoms with Crippen molar-refractivity contribution in [2.75, 3.05) is 35.0 Å². The molecule has 42 heavy (non-hydrogen) atoms. The third kappa shape index (κ3) is 5.05. The maximum Gasteiger partial charge on any atom is 0.338 e. The number of hydrogen-bond donors (Lipinski definition) is 0. The molecule has 1 atom stereocenters.